The Bertz CT molecular complexity index is 1030. The predicted octanol–water partition coefficient (Wildman–Crippen LogP) is 6.11. The first-order valence-corrected chi connectivity index (χ1v) is 11.3. The first kappa shape index (κ1) is 23.5. The lowest BCUT2D eigenvalue weighted by molar-refractivity contribution is 0.0484. The minimum Gasteiger partial charge on any atom is -0.434 e. The Morgan fingerprint density at radius 3 is 2.25 bits per heavy atom. The Kier molecular flexibility index (Phi) is 7.64. The van der Waals surface area contributed by atoms with E-state index in [1.807, 2.05) is 65.6 Å². The molecule has 1 amide bonds. The Balaban J connectivity index is 2.00. The largest absolute Gasteiger partial charge is 0.514 e. The summed E-state index contributed by atoms with van der Waals surface area (Å²) < 4.78 is 10.1. The lowest BCUT2D eigenvalue weighted by atomic mass is 9.85. The summed E-state index contributed by atoms with van der Waals surface area (Å²) in [4.78, 5) is 31.8. The summed E-state index contributed by atoms with van der Waals surface area (Å²) in [6, 6.07) is 18.8. The van der Waals surface area contributed by atoms with Crippen LogP contribution in [-0.4, -0.2) is 28.6 Å². The van der Waals surface area contributed by atoms with E-state index in [0.29, 0.717) is 22.2 Å². The Labute approximate surface area is 192 Å². The molecule has 0 radical (unpaired) electrons. The molecule has 0 saturated carbocycles. The van der Waals surface area contributed by atoms with Crippen LogP contribution in [0.1, 0.15) is 54.7 Å². The molecular weight excluding hydrogens is 424 g/mol. The third-order valence-corrected chi connectivity index (χ3v) is 5.72. The van der Waals surface area contributed by atoms with E-state index in [-0.39, 0.29) is 24.0 Å². The lowest BCUT2D eigenvalue weighted by Crippen LogP contribution is -2.40. The van der Waals surface area contributed by atoms with Gasteiger partial charge in [-0.05, 0) is 30.0 Å². The smallest absolute Gasteiger partial charge is 0.434 e. The molecule has 7 heteroatoms. The van der Waals surface area contributed by atoms with Crippen molar-refractivity contribution < 1.29 is 19.1 Å². The van der Waals surface area contributed by atoms with Crippen LogP contribution in [0.2, 0.25) is 0 Å². The second-order valence-electron chi connectivity index (χ2n) is 8.36. The molecule has 3 rings (SSSR count). The summed E-state index contributed by atoms with van der Waals surface area (Å²) in [6.07, 6.45) is 0.736. The molecular formula is C25H28N2O4S. The fraction of sp³-hybridized carbons (Fsp3) is 0.320. The molecule has 6 nitrogen and oxygen atoms in total. The summed E-state index contributed by atoms with van der Waals surface area (Å²) in [5, 5.41) is 1.02. The molecule has 0 N–H and O–H groups in total. The molecule has 0 spiro atoms. The summed E-state index contributed by atoms with van der Waals surface area (Å²) in [6.45, 7) is 8.57. The molecule has 2 aromatic carbocycles. The second kappa shape index (κ2) is 10.4. The van der Waals surface area contributed by atoms with Gasteiger partial charge < -0.3 is 14.4 Å². The van der Waals surface area contributed by atoms with Gasteiger partial charge in [-0.3, -0.25) is 4.79 Å². The number of carbonyl (C=O) groups is 2. The minimum absolute atomic E-state index is 0.0857. The molecule has 0 aliphatic rings. The average molecular weight is 453 g/mol. The van der Waals surface area contributed by atoms with Gasteiger partial charge in [-0.1, -0.05) is 80.6 Å². The molecule has 0 saturated heterocycles. The van der Waals surface area contributed by atoms with Crippen molar-refractivity contribution in [1.82, 2.24) is 9.88 Å². The maximum atomic E-state index is 13.7. The van der Waals surface area contributed by atoms with Crippen molar-refractivity contribution in [1.29, 1.82) is 0 Å². The number of carbonyl (C=O) groups excluding carboxylic acids is 2. The number of amides is 1. The second-order valence-corrected chi connectivity index (χ2v) is 9.38. The summed E-state index contributed by atoms with van der Waals surface area (Å²) in [7, 11) is 0. The fourth-order valence-electron chi connectivity index (χ4n) is 3.45. The molecule has 1 unspecified atom stereocenters. The number of hydrogen-bond donors (Lipinski definition) is 0. The van der Waals surface area contributed by atoms with Gasteiger partial charge in [-0.15, -0.1) is 0 Å². The molecule has 0 aliphatic carbocycles. The van der Waals surface area contributed by atoms with E-state index in [4.69, 9.17) is 9.47 Å². The zero-order valence-corrected chi connectivity index (χ0v) is 19.6. The molecule has 3 aromatic rings. The van der Waals surface area contributed by atoms with Crippen LogP contribution in [0, 0.1) is 5.41 Å². The molecule has 0 aliphatic heterocycles. The SMILES string of the molecule is CCOC(=O)Oc1cnc(C(N(Cc2ccccc2)C(=O)c2ccccc2)C(C)(C)C)s1. The predicted molar refractivity (Wildman–Crippen MR) is 125 cm³/mol. The van der Waals surface area contributed by atoms with Crippen molar-refractivity contribution >= 4 is 23.4 Å². The summed E-state index contributed by atoms with van der Waals surface area (Å²) >= 11 is 1.25. The van der Waals surface area contributed by atoms with Crippen LogP contribution >= 0.6 is 11.3 Å². The van der Waals surface area contributed by atoms with Crippen LogP contribution in [0.4, 0.5) is 4.79 Å². The topological polar surface area (TPSA) is 68.7 Å². The number of ether oxygens (including phenoxy) is 2. The minimum atomic E-state index is -0.767. The number of aromatic nitrogens is 1. The highest BCUT2D eigenvalue weighted by Crippen LogP contribution is 2.42. The highest BCUT2D eigenvalue weighted by atomic mass is 32.1. The van der Waals surface area contributed by atoms with Crippen molar-refractivity contribution in [2.24, 2.45) is 5.41 Å². The normalized spacial score (nSPS) is 12.1. The van der Waals surface area contributed by atoms with Gasteiger partial charge in [0.05, 0.1) is 18.8 Å². The van der Waals surface area contributed by atoms with Gasteiger partial charge in [0.15, 0.2) is 0 Å². The zero-order chi connectivity index (χ0) is 23.1. The van der Waals surface area contributed by atoms with E-state index in [2.05, 4.69) is 25.8 Å². The van der Waals surface area contributed by atoms with E-state index in [0.717, 1.165) is 5.56 Å². The fourth-order valence-corrected chi connectivity index (χ4v) is 4.57. The van der Waals surface area contributed by atoms with Crippen molar-refractivity contribution in [2.45, 2.75) is 40.3 Å². The van der Waals surface area contributed by atoms with Crippen LogP contribution in [0.15, 0.2) is 66.9 Å². The number of rotatable bonds is 7. The molecule has 0 bridgehead atoms. The third kappa shape index (κ3) is 5.95. The molecule has 32 heavy (non-hydrogen) atoms. The van der Waals surface area contributed by atoms with Gasteiger partial charge in [-0.2, -0.15) is 0 Å². The van der Waals surface area contributed by atoms with Crippen LogP contribution < -0.4 is 4.74 Å². The van der Waals surface area contributed by atoms with Gasteiger partial charge >= 0.3 is 6.16 Å². The highest BCUT2D eigenvalue weighted by molar-refractivity contribution is 7.13. The Morgan fingerprint density at radius 1 is 1.03 bits per heavy atom. The van der Waals surface area contributed by atoms with Gasteiger partial charge in [0.1, 0.15) is 5.01 Å². The Hall–Kier alpha value is -3.19. The van der Waals surface area contributed by atoms with E-state index in [9.17, 15) is 9.59 Å². The third-order valence-electron chi connectivity index (χ3n) is 4.79. The van der Waals surface area contributed by atoms with Gasteiger partial charge in [0.2, 0.25) is 5.06 Å². The van der Waals surface area contributed by atoms with Crippen molar-refractivity contribution in [3.05, 3.63) is 83.0 Å². The monoisotopic (exact) mass is 452 g/mol. The molecule has 1 aromatic heterocycles. The first-order chi connectivity index (χ1) is 15.3. The van der Waals surface area contributed by atoms with E-state index in [1.54, 1.807) is 6.92 Å². The summed E-state index contributed by atoms with van der Waals surface area (Å²) in [5.41, 5.74) is 1.29. The van der Waals surface area contributed by atoms with Crippen LogP contribution in [-0.2, 0) is 11.3 Å². The average Bonchev–Trinajstić information content (AvgIpc) is 3.20. The zero-order valence-electron chi connectivity index (χ0n) is 18.8. The number of thiazole rings is 1. The standard InChI is InChI=1S/C25H28N2O4S/c1-5-30-24(29)31-20-16-26-22(32-20)21(25(2,3)4)27(17-18-12-8-6-9-13-18)23(28)19-14-10-7-11-15-19/h6-16,21H,5,17H2,1-4H3. The molecule has 168 valence electrons. The van der Waals surface area contributed by atoms with Gasteiger partial charge in [-0.25, -0.2) is 9.78 Å². The maximum Gasteiger partial charge on any atom is 0.514 e. The summed E-state index contributed by atoms with van der Waals surface area (Å²) in [5.74, 6) is -0.0857. The lowest BCUT2D eigenvalue weighted by Gasteiger charge is -2.39. The quantitative estimate of drug-likeness (QED) is 0.405. The van der Waals surface area contributed by atoms with Gasteiger partial charge in [0, 0.05) is 12.1 Å². The van der Waals surface area contributed by atoms with Crippen LogP contribution in [0.3, 0.4) is 0 Å². The van der Waals surface area contributed by atoms with E-state index < -0.39 is 6.16 Å². The van der Waals surface area contributed by atoms with Crippen molar-refractivity contribution in [2.75, 3.05) is 6.61 Å². The number of hydrogen-bond acceptors (Lipinski definition) is 6. The first-order valence-electron chi connectivity index (χ1n) is 10.5. The van der Waals surface area contributed by atoms with Gasteiger partial charge in [0.25, 0.3) is 5.91 Å². The van der Waals surface area contributed by atoms with E-state index >= 15 is 0 Å². The highest BCUT2D eigenvalue weighted by Gasteiger charge is 2.37. The van der Waals surface area contributed by atoms with E-state index in [1.165, 1.54) is 17.5 Å². The number of benzene rings is 2. The molecule has 1 heterocycles. The van der Waals surface area contributed by atoms with Crippen LogP contribution in [0.5, 0.6) is 5.06 Å². The molecule has 0 fully saturated rings. The Morgan fingerprint density at radius 2 is 1.66 bits per heavy atom. The van der Waals surface area contributed by atoms with Crippen molar-refractivity contribution in [3.8, 4) is 5.06 Å². The van der Waals surface area contributed by atoms with Crippen molar-refractivity contribution in [3.63, 3.8) is 0 Å². The molecule has 1 atom stereocenters. The maximum absolute atomic E-state index is 13.7. The number of nitrogens with zero attached hydrogens (tertiary/aromatic N) is 2. The van der Waals surface area contributed by atoms with Crippen LogP contribution in [0.25, 0.3) is 0 Å².